The number of hydrogen-bond acceptors (Lipinski definition) is 4. The van der Waals surface area contributed by atoms with E-state index in [9.17, 15) is 4.79 Å². The maximum absolute atomic E-state index is 11.7. The second-order valence-electron chi connectivity index (χ2n) is 6.18. The second-order valence-corrected chi connectivity index (χ2v) is 6.56. The molecule has 3 aliphatic rings. The van der Waals surface area contributed by atoms with Crippen LogP contribution in [-0.2, 0) is 9.53 Å². The molecule has 3 rings (SSSR count). The van der Waals surface area contributed by atoms with E-state index in [0.717, 1.165) is 18.4 Å². The maximum atomic E-state index is 11.7. The number of hydrogen-bond donors (Lipinski definition) is 1. The lowest BCUT2D eigenvalue weighted by molar-refractivity contribution is -0.142. The highest BCUT2D eigenvalue weighted by Crippen LogP contribution is 2.46. The number of halogens is 1. The highest BCUT2D eigenvalue weighted by atomic mass is 35.5. The van der Waals surface area contributed by atoms with Crippen LogP contribution in [0, 0.1) is 5.92 Å². The van der Waals surface area contributed by atoms with Gasteiger partial charge in [-0.3, -0.25) is 9.79 Å². The lowest BCUT2D eigenvalue weighted by atomic mass is 9.70. The van der Waals surface area contributed by atoms with Gasteiger partial charge >= 0.3 is 5.97 Å². The first-order chi connectivity index (χ1) is 10.0. The van der Waals surface area contributed by atoms with E-state index in [1.54, 1.807) is 0 Å². The second kappa shape index (κ2) is 5.58. The molecule has 0 radical (unpaired) electrons. The largest absolute Gasteiger partial charge is 0.466 e. The molecular weight excluding hydrogens is 288 g/mol. The Labute approximate surface area is 130 Å². The molecule has 1 fully saturated rings. The molecule has 3 unspecified atom stereocenters. The van der Waals surface area contributed by atoms with Gasteiger partial charge in [0.15, 0.2) is 0 Å². The Morgan fingerprint density at radius 3 is 3.14 bits per heavy atom. The summed E-state index contributed by atoms with van der Waals surface area (Å²) in [5.74, 6) is 0.327. The molecule has 0 saturated carbocycles. The summed E-state index contributed by atoms with van der Waals surface area (Å²) in [5, 5.41) is 4.24. The van der Waals surface area contributed by atoms with E-state index in [1.807, 2.05) is 13.0 Å². The van der Waals surface area contributed by atoms with Gasteiger partial charge in [-0.1, -0.05) is 23.3 Å². The van der Waals surface area contributed by atoms with Crippen LogP contribution in [0.5, 0.6) is 0 Å². The third-order valence-corrected chi connectivity index (χ3v) is 4.88. The Morgan fingerprint density at radius 2 is 2.38 bits per heavy atom. The number of nitrogens with zero attached hydrogens (tertiary/aromatic N) is 1. The Bertz CT molecular complexity index is 552. The monoisotopic (exact) mass is 308 g/mol. The predicted octanol–water partition coefficient (Wildman–Crippen LogP) is 2.58. The summed E-state index contributed by atoms with van der Waals surface area (Å²) >= 11 is 6.09. The Kier molecular flexibility index (Phi) is 3.93. The van der Waals surface area contributed by atoms with Gasteiger partial charge < -0.3 is 10.1 Å². The van der Waals surface area contributed by atoms with Crippen molar-refractivity contribution in [3.05, 3.63) is 23.3 Å². The van der Waals surface area contributed by atoms with Gasteiger partial charge in [-0.15, -0.1) is 0 Å². The molecule has 2 heterocycles. The molecule has 4 nitrogen and oxygen atoms in total. The summed E-state index contributed by atoms with van der Waals surface area (Å²) in [4.78, 5) is 16.2. The molecule has 0 bridgehead atoms. The molecule has 0 aromatic rings. The molecule has 5 heteroatoms. The van der Waals surface area contributed by atoms with E-state index in [2.05, 4.69) is 23.3 Å². The normalized spacial score (nSPS) is 34.3. The number of ether oxygens (including phenoxy) is 1. The van der Waals surface area contributed by atoms with Gasteiger partial charge in [-0.05, 0) is 44.3 Å². The number of carbonyl (C=O) groups is 1. The first-order valence-electron chi connectivity index (χ1n) is 7.58. The molecule has 0 amide bonds. The van der Waals surface area contributed by atoms with E-state index in [-0.39, 0.29) is 11.5 Å². The lowest BCUT2D eigenvalue weighted by Crippen LogP contribution is -2.53. The van der Waals surface area contributed by atoms with E-state index < -0.39 is 0 Å². The fraction of sp³-hybridized carbons (Fsp3) is 0.625. The number of aliphatic imine (C=N–C) groups is 1. The van der Waals surface area contributed by atoms with E-state index >= 15 is 0 Å². The number of rotatable bonds is 3. The summed E-state index contributed by atoms with van der Waals surface area (Å²) in [6.07, 6.45) is 6.47. The summed E-state index contributed by atoms with van der Waals surface area (Å²) in [7, 11) is 0. The summed E-state index contributed by atoms with van der Waals surface area (Å²) in [5.41, 5.74) is 2.22. The van der Waals surface area contributed by atoms with Crippen molar-refractivity contribution in [3.8, 4) is 0 Å². The van der Waals surface area contributed by atoms with Crippen LogP contribution in [-0.4, -0.2) is 35.9 Å². The van der Waals surface area contributed by atoms with Crippen LogP contribution in [0.2, 0.25) is 0 Å². The van der Waals surface area contributed by atoms with E-state index in [0.29, 0.717) is 36.7 Å². The lowest BCUT2D eigenvalue weighted by Gasteiger charge is -2.41. The fourth-order valence-corrected chi connectivity index (χ4v) is 4.05. The van der Waals surface area contributed by atoms with Gasteiger partial charge in [-0.2, -0.15) is 0 Å². The quantitative estimate of drug-likeness (QED) is 0.815. The highest BCUT2D eigenvalue weighted by Gasteiger charge is 2.50. The number of allylic oxidation sites excluding steroid dienone is 1. The topological polar surface area (TPSA) is 50.7 Å². The van der Waals surface area contributed by atoms with Gasteiger partial charge in [0.05, 0.1) is 25.1 Å². The van der Waals surface area contributed by atoms with Crippen molar-refractivity contribution in [1.82, 2.24) is 5.32 Å². The average Bonchev–Trinajstić information content (AvgIpc) is 2.72. The van der Waals surface area contributed by atoms with Crippen LogP contribution in [0.3, 0.4) is 0 Å². The molecule has 1 aliphatic carbocycles. The van der Waals surface area contributed by atoms with Crippen molar-refractivity contribution >= 4 is 22.7 Å². The minimum atomic E-state index is -0.147. The molecule has 114 valence electrons. The highest BCUT2D eigenvalue weighted by molar-refractivity contribution is 6.68. The number of esters is 1. The number of dihydropyridines is 1. The molecule has 21 heavy (non-hydrogen) atoms. The van der Waals surface area contributed by atoms with Gasteiger partial charge in [0.1, 0.15) is 5.17 Å². The Hall–Kier alpha value is -1.13. The fourth-order valence-electron chi connectivity index (χ4n) is 3.88. The van der Waals surface area contributed by atoms with Crippen molar-refractivity contribution < 1.29 is 9.53 Å². The van der Waals surface area contributed by atoms with Gasteiger partial charge in [0.2, 0.25) is 0 Å². The smallest absolute Gasteiger partial charge is 0.309 e. The van der Waals surface area contributed by atoms with Crippen LogP contribution >= 0.6 is 11.6 Å². The molecule has 0 aromatic heterocycles. The standard InChI is InChI=1S/C16H21ClN2O2/c1-3-21-15(20)7-11-5-12-4-10(2)19-16(12)9-18-14(17)8-13(16)6-11/h6,8,10,12,19H,3-5,7,9H2,1-2H3. The SMILES string of the molecule is CCOC(=O)CC1=CC2=CC(Cl)=NCC23NC(C)CC3C1. The van der Waals surface area contributed by atoms with Crippen LogP contribution < -0.4 is 5.32 Å². The van der Waals surface area contributed by atoms with Gasteiger partial charge in [-0.25, -0.2) is 0 Å². The minimum absolute atomic E-state index is 0.0873. The molecule has 1 N–H and O–H groups in total. The van der Waals surface area contributed by atoms with Gasteiger partial charge in [0.25, 0.3) is 0 Å². The third kappa shape index (κ3) is 2.67. The average molecular weight is 309 g/mol. The van der Waals surface area contributed by atoms with Crippen molar-refractivity contribution in [2.24, 2.45) is 10.9 Å². The minimum Gasteiger partial charge on any atom is -0.466 e. The first-order valence-corrected chi connectivity index (χ1v) is 7.96. The van der Waals surface area contributed by atoms with Gasteiger partial charge in [0, 0.05) is 6.04 Å². The summed E-state index contributed by atoms with van der Waals surface area (Å²) < 4.78 is 5.07. The molecule has 3 atom stereocenters. The van der Waals surface area contributed by atoms with E-state index in [4.69, 9.17) is 16.3 Å². The Morgan fingerprint density at radius 1 is 1.57 bits per heavy atom. The zero-order valence-electron chi connectivity index (χ0n) is 12.5. The first kappa shape index (κ1) is 14.8. The summed E-state index contributed by atoms with van der Waals surface area (Å²) in [6.45, 7) is 5.16. The van der Waals surface area contributed by atoms with Crippen LogP contribution in [0.1, 0.15) is 33.1 Å². The van der Waals surface area contributed by atoms with Crippen molar-refractivity contribution in [1.29, 1.82) is 0 Å². The van der Waals surface area contributed by atoms with Crippen molar-refractivity contribution in [2.75, 3.05) is 13.2 Å². The molecule has 1 saturated heterocycles. The molecule has 2 aliphatic heterocycles. The number of nitrogens with one attached hydrogen (secondary N) is 1. The predicted molar refractivity (Wildman–Crippen MR) is 83.6 cm³/mol. The molecular formula is C16H21ClN2O2. The van der Waals surface area contributed by atoms with Crippen LogP contribution in [0.15, 0.2) is 28.3 Å². The summed E-state index contributed by atoms with van der Waals surface area (Å²) in [6, 6.07) is 0.459. The number of carbonyl (C=O) groups excluding carboxylic acids is 1. The van der Waals surface area contributed by atoms with Crippen molar-refractivity contribution in [2.45, 2.75) is 44.7 Å². The zero-order valence-corrected chi connectivity index (χ0v) is 13.2. The Balaban J connectivity index is 1.88. The molecule has 0 aromatic carbocycles. The van der Waals surface area contributed by atoms with E-state index in [1.165, 1.54) is 5.57 Å². The third-order valence-electron chi connectivity index (χ3n) is 4.65. The van der Waals surface area contributed by atoms with Crippen LogP contribution in [0.4, 0.5) is 0 Å². The van der Waals surface area contributed by atoms with Crippen molar-refractivity contribution in [3.63, 3.8) is 0 Å². The maximum Gasteiger partial charge on any atom is 0.309 e. The zero-order chi connectivity index (χ0) is 15.0. The van der Waals surface area contributed by atoms with Crippen LogP contribution in [0.25, 0.3) is 0 Å². The molecule has 1 spiro atoms.